The Morgan fingerprint density at radius 3 is 1.57 bits per heavy atom. The van der Waals surface area contributed by atoms with E-state index in [1.807, 2.05) is 6.92 Å². The molecule has 0 heterocycles. The van der Waals surface area contributed by atoms with Gasteiger partial charge in [-0.2, -0.15) is 0 Å². The first-order valence-corrected chi connectivity index (χ1v) is 4.76. The van der Waals surface area contributed by atoms with E-state index in [-0.39, 0.29) is 26.4 Å². The molecular weight excluding hydrogens is 188 g/mol. The van der Waals surface area contributed by atoms with Gasteiger partial charge in [0.05, 0.1) is 26.4 Å². The minimum absolute atomic E-state index is 0.125. The lowest BCUT2D eigenvalue weighted by molar-refractivity contribution is -0.0613. The number of rotatable bonds is 6. The Kier molecular flexibility index (Phi) is 12.6. The fraction of sp³-hybridized carbons (Fsp3) is 1.00. The average Bonchev–Trinajstić information content (AvgIpc) is 2.26. The van der Waals surface area contributed by atoms with Gasteiger partial charge in [-0.1, -0.05) is 19.8 Å². The van der Waals surface area contributed by atoms with Gasteiger partial charge >= 0.3 is 0 Å². The summed E-state index contributed by atoms with van der Waals surface area (Å²) < 4.78 is 0. The van der Waals surface area contributed by atoms with Crippen molar-refractivity contribution in [2.75, 3.05) is 26.4 Å². The van der Waals surface area contributed by atoms with Crippen molar-refractivity contribution in [1.82, 2.24) is 0 Å². The van der Waals surface area contributed by atoms with Gasteiger partial charge in [0.25, 0.3) is 0 Å². The standard InChI is InChI=1S/C7H16O3.C2H6O2/c1-2-3-4-7(10,5-8)6-9;3-1-2-4/h8-10H,2-6H2,1H3;3-4H,1-2H2. The van der Waals surface area contributed by atoms with E-state index in [9.17, 15) is 5.11 Å². The van der Waals surface area contributed by atoms with Crippen molar-refractivity contribution >= 4 is 0 Å². The normalized spacial score (nSPS) is 10.7. The molecule has 0 aliphatic heterocycles. The van der Waals surface area contributed by atoms with Crippen molar-refractivity contribution in [3.8, 4) is 0 Å². The lowest BCUT2D eigenvalue weighted by Crippen LogP contribution is -2.37. The molecule has 0 atom stereocenters. The Bertz CT molecular complexity index is 101. The number of unbranched alkanes of at least 4 members (excludes halogenated alkanes) is 1. The van der Waals surface area contributed by atoms with Crippen LogP contribution < -0.4 is 0 Å². The Balaban J connectivity index is 0. The van der Waals surface area contributed by atoms with Gasteiger partial charge in [-0.25, -0.2) is 0 Å². The summed E-state index contributed by atoms with van der Waals surface area (Å²) in [6.07, 6.45) is 2.26. The van der Waals surface area contributed by atoms with Crippen molar-refractivity contribution < 1.29 is 25.5 Å². The van der Waals surface area contributed by atoms with Gasteiger partial charge in [-0.3, -0.25) is 0 Å². The summed E-state index contributed by atoms with van der Waals surface area (Å²) in [5.74, 6) is 0. The third kappa shape index (κ3) is 9.88. The molecule has 0 fully saturated rings. The van der Waals surface area contributed by atoms with Gasteiger partial charge in [0.15, 0.2) is 0 Å². The molecule has 0 aliphatic rings. The Labute approximate surface area is 84.6 Å². The Morgan fingerprint density at radius 2 is 1.36 bits per heavy atom. The molecule has 0 spiro atoms. The maximum absolute atomic E-state index is 9.26. The summed E-state index contributed by atoms with van der Waals surface area (Å²) in [4.78, 5) is 0. The van der Waals surface area contributed by atoms with Gasteiger partial charge < -0.3 is 25.5 Å². The third-order valence-electron chi connectivity index (χ3n) is 1.68. The molecule has 0 rings (SSSR count). The molecule has 5 N–H and O–H groups in total. The summed E-state index contributed by atoms with van der Waals surface area (Å²) in [7, 11) is 0. The minimum Gasteiger partial charge on any atom is -0.394 e. The highest BCUT2D eigenvalue weighted by Crippen LogP contribution is 2.12. The van der Waals surface area contributed by atoms with Crippen LogP contribution >= 0.6 is 0 Å². The Hall–Kier alpha value is -0.200. The quantitative estimate of drug-likeness (QED) is 0.381. The van der Waals surface area contributed by atoms with Crippen LogP contribution in [0.5, 0.6) is 0 Å². The van der Waals surface area contributed by atoms with E-state index in [1.165, 1.54) is 0 Å². The smallest absolute Gasteiger partial charge is 0.111 e. The SMILES string of the molecule is CCCCC(O)(CO)CO.OCCO. The van der Waals surface area contributed by atoms with Crippen molar-refractivity contribution in [3.05, 3.63) is 0 Å². The molecule has 0 aromatic carbocycles. The van der Waals surface area contributed by atoms with Crippen molar-refractivity contribution in [2.24, 2.45) is 0 Å². The van der Waals surface area contributed by atoms with Crippen molar-refractivity contribution in [3.63, 3.8) is 0 Å². The van der Waals surface area contributed by atoms with Crippen LogP contribution in [0.3, 0.4) is 0 Å². The fourth-order valence-electron chi connectivity index (χ4n) is 0.714. The first kappa shape index (κ1) is 16.2. The van der Waals surface area contributed by atoms with E-state index >= 15 is 0 Å². The lowest BCUT2D eigenvalue weighted by Gasteiger charge is -2.22. The van der Waals surface area contributed by atoms with Crippen LogP contribution in [0.1, 0.15) is 26.2 Å². The molecule has 0 saturated heterocycles. The van der Waals surface area contributed by atoms with E-state index in [4.69, 9.17) is 20.4 Å². The molecule has 0 radical (unpaired) electrons. The van der Waals surface area contributed by atoms with Gasteiger partial charge in [-0.15, -0.1) is 0 Å². The predicted octanol–water partition coefficient (Wildman–Crippen LogP) is -1.14. The zero-order valence-electron chi connectivity index (χ0n) is 8.69. The lowest BCUT2D eigenvalue weighted by atomic mass is 9.99. The number of hydrogen-bond donors (Lipinski definition) is 5. The highest BCUT2D eigenvalue weighted by molar-refractivity contribution is 4.75. The van der Waals surface area contributed by atoms with Gasteiger partial charge in [0.2, 0.25) is 0 Å². The molecule has 0 aromatic rings. The van der Waals surface area contributed by atoms with Crippen LogP contribution in [0.15, 0.2) is 0 Å². The molecule has 5 nitrogen and oxygen atoms in total. The largest absolute Gasteiger partial charge is 0.394 e. The second kappa shape index (κ2) is 10.9. The molecule has 5 heteroatoms. The molecule has 0 aromatic heterocycles. The van der Waals surface area contributed by atoms with Crippen LogP contribution in [-0.2, 0) is 0 Å². The molecule has 0 unspecified atom stereocenters. The van der Waals surface area contributed by atoms with Crippen molar-refractivity contribution in [1.29, 1.82) is 0 Å². The van der Waals surface area contributed by atoms with Gasteiger partial charge in [0, 0.05) is 0 Å². The van der Waals surface area contributed by atoms with Gasteiger partial charge in [-0.05, 0) is 6.42 Å². The first-order valence-electron chi connectivity index (χ1n) is 4.76. The zero-order valence-corrected chi connectivity index (χ0v) is 8.69. The van der Waals surface area contributed by atoms with E-state index in [0.29, 0.717) is 6.42 Å². The maximum Gasteiger partial charge on any atom is 0.111 e. The second-order valence-electron chi connectivity index (χ2n) is 3.09. The summed E-state index contributed by atoms with van der Waals surface area (Å²) in [6.45, 7) is 1.03. The fourth-order valence-corrected chi connectivity index (χ4v) is 0.714. The molecule has 0 aliphatic carbocycles. The predicted molar refractivity (Wildman–Crippen MR) is 52.8 cm³/mol. The average molecular weight is 210 g/mol. The number of aliphatic hydroxyl groups excluding tert-OH is 4. The summed E-state index contributed by atoms with van der Waals surface area (Å²) in [6, 6.07) is 0. The summed E-state index contributed by atoms with van der Waals surface area (Å²) in [5.41, 5.74) is -1.25. The zero-order chi connectivity index (χ0) is 11.4. The minimum atomic E-state index is -1.25. The van der Waals surface area contributed by atoms with Crippen LogP contribution in [0.2, 0.25) is 0 Å². The first-order chi connectivity index (χ1) is 6.60. The molecule has 0 bridgehead atoms. The highest BCUT2D eigenvalue weighted by Gasteiger charge is 2.23. The number of hydrogen-bond acceptors (Lipinski definition) is 5. The van der Waals surface area contributed by atoms with Crippen LogP contribution in [0, 0.1) is 0 Å². The van der Waals surface area contributed by atoms with Crippen LogP contribution in [0.25, 0.3) is 0 Å². The van der Waals surface area contributed by atoms with E-state index < -0.39 is 5.60 Å². The van der Waals surface area contributed by atoms with Crippen LogP contribution in [-0.4, -0.2) is 57.6 Å². The van der Waals surface area contributed by atoms with Crippen molar-refractivity contribution in [2.45, 2.75) is 31.8 Å². The van der Waals surface area contributed by atoms with Crippen LogP contribution in [0.4, 0.5) is 0 Å². The topological polar surface area (TPSA) is 101 Å². The maximum atomic E-state index is 9.26. The van der Waals surface area contributed by atoms with E-state index in [1.54, 1.807) is 0 Å². The third-order valence-corrected chi connectivity index (χ3v) is 1.68. The van der Waals surface area contributed by atoms with E-state index in [2.05, 4.69) is 0 Å². The summed E-state index contributed by atoms with van der Waals surface area (Å²) in [5, 5.41) is 41.7. The molecule has 88 valence electrons. The van der Waals surface area contributed by atoms with E-state index in [0.717, 1.165) is 12.8 Å². The Morgan fingerprint density at radius 1 is 0.929 bits per heavy atom. The monoisotopic (exact) mass is 210 g/mol. The molecule has 0 amide bonds. The second-order valence-corrected chi connectivity index (χ2v) is 3.09. The molecule has 14 heavy (non-hydrogen) atoms. The molecular formula is C9H22O5. The summed E-state index contributed by atoms with van der Waals surface area (Å²) >= 11 is 0. The van der Waals surface area contributed by atoms with Gasteiger partial charge in [0.1, 0.15) is 5.60 Å². The molecule has 0 saturated carbocycles. The number of aliphatic hydroxyl groups is 5. The highest BCUT2D eigenvalue weighted by atomic mass is 16.4.